The van der Waals surface area contributed by atoms with Gasteiger partial charge in [-0.3, -0.25) is 4.79 Å². The average Bonchev–Trinajstić information content (AvgIpc) is 2.94. The van der Waals surface area contributed by atoms with E-state index in [-0.39, 0.29) is 5.91 Å². The lowest BCUT2D eigenvalue weighted by molar-refractivity contribution is 0.0688. The van der Waals surface area contributed by atoms with Gasteiger partial charge in [-0.2, -0.15) is 0 Å². The van der Waals surface area contributed by atoms with Crippen LogP contribution in [0.25, 0.3) is 10.9 Å². The molecule has 0 bridgehead atoms. The Hall–Kier alpha value is -1.85. The molecule has 0 saturated carbocycles. The standard InChI is InChI=1S/C15H20N2O3/c1-19-10-11-20-9-3-7-17-15(18)13-5-2-4-12-6-8-16-14(12)13/h2,4-6,8,16H,3,7,9-11H2,1H3,(H,17,18). The van der Waals surface area contributed by atoms with Crippen LogP contribution in [0.15, 0.2) is 30.5 Å². The first-order valence-electron chi connectivity index (χ1n) is 6.74. The highest BCUT2D eigenvalue weighted by Gasteiger charge is 2.09. The minimum atomic E-state index is -0.0602. The van der Waals surface area contributed by atoms with E-state index in [0.717, 1.165) is 17.3 Å². The second-order valence-electron chi connectivity index (χ2n) is 4.46. The van der Waals surface area contributed by atoms with Crippen molar-refractivity contribution in [1.82, 2.24) is 10.3 Å². The molecule has 2 N–H and O–H groups in total. The van der Waals surface area contributed by atoms with E-state index in [9.17, 15) is 4.79 Å². The number of amides is 1. The summed E-state index contributed by atoms with van der Waals surface area (Å²) >= 11 is 0. The first-order valence-corrected chi connectivity index (χ1v) is 6.74. The number of methoxy groups -OCH3 is 1. The number of para-hydroxylation sites is 1. The van der Waals surface area contributed by atoms with Crippen molar-refractivity contribution in [3.05, 3.63) is 36.0 Å². The Kier molecular flexibility index (Phi) is 5.58. The summed E-state index contributed by atoms with van der Waals surface area (Å²) in [6, 6.07) is 7.64. The van der Waals surface area contributed by atoms with Crippen LogP contribution in [0.4, 0.5) is 0 Å². The highest BCUT2D eigenvalue weighted by Crippen LogP contribution is 2.16. The van der Waals surface area contributed by atoms with Gasteiger partial charge in [0.15, 0.2) is 0 Å². The van der Waals surface area contributed by atoms with Crippen LogP contribution in [-0.2, 0) is 9.47 Å². The van der Waals surface area contributed by atoms with Crippen LogP contribution >= 0.6 is 0 Å². The number of hydrogen-bond acceptors (Lipinski definition) is 3. The van der Waals surface area contributed by atoms with E-state index in [2.05, 4.69) is 10.3 Å². The molecule has 0 saturated heterocycles. The molecule has 0 atom stereocenters. The largest absolute Gasteiger partial charge is 0.382 e. The highest BCUT2D eigenvalue weighted by atomic mass is 16.5. The summed E-state index contributed by atoms with van der Waals surface area (Å²) in [5.74, 6) is -0.0602. The van der Waals surface area contributed by atoms with Gasteiger partial charge in [-0.1, -0.05) is 12.1 Å². The predicted octanol–water partition coefficient (Wildman–Crippen LogP) is 1.95. The fourth-order valence-corrected chi connectivity index (χ4v) is 1.99. The van der Waals surface area contributed by atoms with E-state index >= 15 is 0 Å². The summed E-state index contributed by atoms with van der Waals surface area (Å²) in [4.78, 5) is 15.2. The number of ether oxygens (including phenoxy) is 2. The van der Waals surface area contributed by atoms with Crippen LogP contribution in [0, 0.1) is 0 Å². The molecule has 0 aliphatic heterocycles. The van der Waals surface area contributed by atoms with Crippen molar-refractivity contribution in [3.63, 3.8) is 0 Å². The summed E-state index contributed by atoms with van der Waals surface area (Å²) in [5, 5.41) is 3.94. The molecule has 1 heterocycles. The van der Waals surface area contributed by atoms with Gasteiger partial charge in [0.1, 0.15) is 0 Å². The van der Waals surface area contributed by atoms with E-state index in [1.807, 2.05) is 30.5 Å². The lowest BCUT2D eigenvalue weighted by Gasteiger charge is -2.07. The molecule has 0 radical (unpaired) electrons. The molecule has 0 unspecified atom stereocenters. The zero-order valence-electron chi connectivity index (χ0n) is 11.6. The summed E-state index contributed by atoms with van der Waals surface area (Å²) < 4.78 is 10.2. The quantitative estimate of drug-likeness (QED) is 0.724. The Balaban J connectivity index is 1.76. The first-order chi connectivity index (χ1) is 9.83. The Labute approximate surface area is 118 Å². The monoisotopic (exact) mass is 276 g/mol. The molecule has 5 nitrogen and oxygen atoms in total. The summed E-state index contributed by atoms with van der Waals surface area (Å²) in [5.41, 5.74) is 1.55. The van der Waals surface area contributed by atoms with Gasteiger partial charge in [0, 0.05) is 31.8 Å². The summed E-state index contributed by atoms with van der Waals surface area (Å²) in [7, 11) is 1.64. The predicted molar refractivity (Wildman–Crippen MR) is 77.9 cm³/mol. The number of aromatic amines is 1. The lowest BCUT2D eigenvalue weighted by atomic mass is 10.1. The Morgan fingerprint density at radius 1 is 1.25 bits per heavy atom. The molecule has 20 heavy (non-hydrogen) atoms. The van der Waals surface area contributed by atoms with Gasteiger partial charge in [-0.25, -0.2) is 0 Å². The number of nitrogens with one attached hydrogen (secondary N) is 2. The molecule has 1 aromatic heterocycles. The Bertz CT molecular complexity index is 551. The van der Waals surface area contributed by atoms with Crippen LogP contribution in [0.5, 0.6) is 0 Å². The molecule has 0 spiro atoms. The molecule has 5 heteroatoms. The number of aromatic nitrogens is 1. The molecule has 0 aliphatic rings. The van der Waals surface area contributed by atoms with E-state index in [1.54, 1.807) is 7.11 Å². The number of benzene rings is 1. The van der Waals surface area contributed by atoms with E-state index < -0.39 is 0 Å². The van der Waals surface area contributed by atoms with Gasteiger partial charge in [-0.15, -0.1) is 0 Å². The Morgan fingerprint density at radius 2 is 2.15 bits per heavy atom. The second kappa shape index (κ2) is 7.67. The lowest BCUT2D eigenvalue weighted by Crippen LogP contribution is -2.25. The van der Waals surface area contributed by atoms with Gasteiger partial charge in [0.25, 0.3) is 5.91 Å². The smallest absolute Gasteiger partial charge is 0.253 e. The number of rotatable bonds is 8. The molecule has 108 valence electrons. The van der Waals surface area contributed by atoms with Crippen LogP contribution in [-0.4, -0.2) is 44.4 Å². The van der Waals surface area contributed by atoms with E-state index in [1.165, 1.54) is 0 Å². The van der Waals surface area contributed by atoms with Crippen molar-refractivity contribution < 1.29 is 14.3 Å². The molecule has 2 aromatic rings. The van der Waals surface area contributed by atoms with Crippen molar-refractivity contribution in [3.8, 4) is 0 Å². The van der Waals surface area contributed by atoms with Gasteiger partial charge in [0.2, 0.25) is 0 Å². The zero-order valence-corrected chi connectivity index (χ0v) is 11.6. The molecule has 0 fully saturated rings. The summed E-state index contributed by atoms with van der Waals surface area (Å²) in [6.45, 7) is 2.41. The van der Waals surface area contributed by atoms with Crippen molar-refractivity contribution in [2.45, 2.75) is 6.42 Å². The molecule has 2 rings (SSSR count). The molecule has 0 aliphatic carbocycles. The maximum atomic E-state index is 12.1. The van der Waals surface area contributed by atoms with Crippen molar-refractivity contribution in [2.75, 3.05) is 33.5 Å². The number of fused-ring (bicyclic) bond motifs is 1. The molecule has 1 amide bonds. The van der Waals surface area contributed by atoms with Crippen LogP contribution in [0.1, 0.15) is 16.8 Å². The third-order valence-electron chi connectivity index (χ3n) is 3.01. The van der Waals surface area contributed by atoms with Crippen molar-refractivity contribution >= 4 is 16.8 Å². The number of carbonyl (C=O) groups is 1. The fraction of sp³-hybridized carbons (Fsp3) is 0.400. The number of H-pyrrole nitrogens is 1. The van der Waals surface area contributed by atoms with Gasteiger partial charge >= 0.3 is 0 Å². The third-order valence-corrected chi connectivity index (χ3v) is 3.01. The minimum absolute atomic E-state index is 0.0602. The van der Waals surface area contributed by atoms with Crippen LogP contribution in [0.2, 0.25) is 0 Å². The molecular weight excluding hydrogens is 256 g/mol. The average molecular weight is 276 g/mol. The highest BCUT2D eigenvalue weighted by molar-refractivity contribution is 6.05. The normalized spacial score (nSPS) is 10.8. The fourth-order valence-electron chi connectivity index (χ4n) is 1.99. The second-order valence-corrected chi connectivity index (χ2v) is 4.46. The SMILES string of the molecule is COCCOCCCNC(=O)c1cccc2cc[nH]c12. The maximum Gasteiger partial charge on any atom is 0.253 e. The summed E-state index contributed by atoms with van der Waals surface area (Å²) in [6.07, 6.45) is 2.63. The topological polar surface area (TPSA) is 63.4 Å². The van der Waals surface area contributed by atoms with E-state index in [4.69, 9.17) is 9.47 Å². The Morgan fingerprint density at radius 3 is 3.00 bits per heavy atom. The van der Waals surface area contributed by atoms with Gasteiger partial charge in [0.05, 0.1) is 24.3 Å². The molecule has 1 aromatic carbocycles. The van der Waals surface area contributed by atoms with Crippen molar-refractivity contribution in [1.29, 1.82) is 0 Å². The zero-order chi connectivity index (χ0) is 14.2. The van der Waals surface area contributed by atoms with Crippen LogP contribution < -0.4 is 5.32 Å². The van der Waals surface area contributed by atoms with E-state index in [0.29, 0.717) is 31.9 Å². The van der Waals surface area contributed by atoms with Crippen LogP contribution in [0.3, 0.4) is 0 Å². The maximum absolute atomic E-state index is 12.1. The number of carbonyl (C=O) groups excluding carboxylic acids is 1. The minimum Gasteiger partial charge on any atom is -0.382 e. The molecular formula is C15H20N2O3. The van der Waals surface area contributed by atoms with Gasteiger partial charge < -0.3 is 19.8 Å². The first kappa shape index (κ1) is 14.6. The van der Waals surface area contributed by atoms with Crippen molar-refractivity contribution in [2.24, 2.45) is 0 Å². The third kappa shape index (κ3) is 3.82. The number of hydrogen-bond donors (Lipinski definition) is 2. The van der Waals surface area contributed by atoms with Gasteiger partial charge in [-0.05, 0) is 18.6 Å².